The van der Waals surface area contributed by atoms with Gasteiger partial charge in [0.2, 0.25) is 0 Å². The number of benzene rings is 8. The molecule has 1 aliphatic heterocycles. The van der Waals surface area contributed by atoms with E-state index < -0.39 is 5.41 Å². The molecule has 0 bridgehead atoms. The molecule has 60 heavy (non-hydrogen) atoms. The first-order valence-corrected chi connectivity index (χ1v) is 20.4. The molecule has 0 unspecified atom stereocenters. The average Bonchev–Trinajstić information content (AvgIpc) is 3.91. The highest BCUT2D eigenvalue weighted by Gasteiger charge is 2.46. The molecule has 0 amide bonds. The van der Waals surface area contributed by atoms with E-state index in [1.165, 1.54) is 33.0 Å². The first kappa shape index (κ1) is 34.1. The van der Waals surface area contributed by atoms with Gasteiger partial charge in [-0.3, -0.25) is 9.47 Å². The van der Waals surface area contributed by atoms with E-state index in [4.69, 9.17) is 9.97 Å². The molecule has 5 nitrogen and oxygen atoms in total. The van der Waals surface area contributed by atoms with E-state index >= 15 is 0 Å². The number of para-hydroxylation sites is 5. The van der Waals surface area contributed by atoms with E-state index in [0.717, 1.165) is 67.5 Å². The Balaban J connectivity index is 1.15. The lowest BCUT2D eigenvalue weighted by molar-refractivity contribution is 0.730. The smallest absolute Gasteiger partial charge is 0.147 e. The summed E-state index contributed by atoms with van der Waals surface area (Å²) in [7, 11) is 0. The van der Waals surface area contributed by atoms with E-state index in [2.05, 4.69) is 221 Å². The van der Waals surface area contributed by atoms with Crippen molar-refractivity contribution in [2.24, 2.45) is 0 Å². The number of nitrogens with zero attached hydrogens (tertiary/aromatic N) is 4. The third kappa shape index (κ3) is 4.99. The highest BCUT2D eigenvalue weighted by Crippen LogP contribution is 2.58. The van der Waals surface area contributed by atoms with Crippen molar-refractivity contribution in [1.82, 2.24) is 19.5 Å². The highest BCUT2D eigenvalue weighted by molar-refractivity contribution is 6.12. The number of H-pyrrole nitrogens is 1. The zero-order valence-corrected chi connectivity index (χ0v) is 32.6. The fourth-order valence-corrected chi connectivity index (χ4v) is 9.77. The van der Waals surface area contributed by atoms with Crippen LogP contribution in [0.5, 0.6) is 0 Å². The Morgan fingerprint density at radius 2 is 1.13 bits per heavy atom. The molecule has 8 aromatic carbocycles. The van der Waals surface area contributed by atoms with Gasteiger partial charge < -0.3 is 4.98 Å². The predicted octanol–water partition coefficient (Wildman–Crippen LogP) is 13.6. The van der Waals surface area contributed by atoms with Gasteiger partial charge in [-0.1, -0.05) is 158 Å². The Bertz CT molecular complexity index is 3330. The van der Waals surface area contributed by atoms with Crippen molar-refractivity contribution in [1.29, 1.82) is 0 Å². The number of pyridine rings is 1. The van der Waals surface area contributed by atoms with Crippen LogP contribution >= 0.6 is 0 Å². The molecule has 5 heteroatoms. The van der Waals surface area contributed by atoms with Gasteiger partial charge >= 0.3 is 0 Å². The van der Waals surface area contributed by atoms with Gasteiger partial charge in [0.05, 0.1) is 33.3 Å². The summed E-state index contributed by atoms with van der Waals surface area (Å²) in [6.45, 7) is 0. The second-order valence-electron chi connectivity index (χ2n) is 15.4. The van der Waals surface area contributed by atoms with Crippen molar-refractivity contribution < 1.29 is 0 Å². The maximum atomic E-state index is 5.62. The van der Waals surface area contributed by atoms with Gasteiger partial charge in [0.1, 0.15) is 11.6 Å². The lowest BCUT2D eigenvalue weighted by atomic mass is 9.62. The monoisotopic (exact) mass is 767 g/mol. The topological polar surface area (TPSA) is 49.7 Å². The molecule has 0 aliphatic carbocycles. The van der Waals surface area contributed by atoms with E-state index in [0.29, 0.717) is 0 Å². The zero-order chi connectivity index (χ0) is 39.6. The van der Waals surface area contributed by atoms with Crippen LogP contribution in [0.25, 0.3) is 61.0 Å². The Morgan fingerprint density at radius 3 is 1.92 bits per heavy atom. The lowest BCUT2D eigenvalue weighted by Crippen LogP contribution is -2.37. The van der Waals surface area contributed by atoms with Gasteiger partial charge in [0, 0.05) is 39.3 Å². The van der Waals surface area contributed by atoms with Crippen LogP contribution in [0.2, 0.25) is 0 Å². The number of anilines is 3. The van der Waals surface area contributed by atoms with Crippen LogP contribution in [0, 0.1) is 0 Å². The summed E-state index contributed by atoms with van der Waals surface area (Å²) in [6.07, 6.45) is 1.88. The largest absolute Gasteiger partial charge is 0.354 e. The minimum atomic E-state index is -0.607. The number of aromatic nitrogens is 4. The molecular weight excluding hydrogens is 731 g/mol. The first-order chi connectivity index (χ1) is 29.8. The number of nitrogens with one attached hydrogen (secondary N) is 1. The Morgan fingerprint density at radius 1 is 0.483 bits per heavy atom. The number of hydrogen-bond acceptors (Lipinski definition) is 3. The van der Waals surface area contributed by atoms with Crippen LogP contribution in [0.4, 0.5) is 17.2 Å². The van der Waals surface area contributed by atoms with Crippen molar-refractivity contribution in [2.75, 3.05) is 4.90 Å². The van der Waals surface area contributed by atoms with Gasteiger partial charge in [0.25, 0.3) is 0 Å². The third-order valence-corrected chi connectivity index (χ3v) is 12.3. The average molecular weight is 768 g/mol. The third-order valence-electron chi connectivity index (χ3n) is 12.3. The molecule has 12 rings (SSSR count). The van der Waals surface area contributed by atoms with Gasteiger partial charge in [0.15, 0.2) is 0 Å². The first-order valence-electron chi connectivity index (χ1n) is 20.4. The number of fused-ring (bicyclic) bond motifs is 6. The Labute approximate surface area is 347 Å². The molecule has 0 radical (unpaired) electrons. The summed E-state index contributed by atoms with van der Waals surface area (Å²) in [4.78, 5) is 16.7. The maximum absolute atomic E-state index is 5.62. The SMILES string of the molecule is c1ccc(-n2c(-c3cccc4c3[nH]c3ccccc34)nc3c(-c4ccc5c(c4)N(c4ccccn4)c4ccccc4C5(c4ccccc4)c4ccccc4)cccc32)cc1. The van der Waals surface area contributed by atoms with Crippen molar-refractivity contribution >= 4 is 50.0 Å². The molecule has 1 N–H and O–H groups in total. The molecule has 0 spiro atoms. The zero-order valence-electron chi connectivity index (χ0n) is 32.6. The van der Waals surface area contributed by atoms with Gasteiger partial charge in [-0.15, -0.1) is 0 Å². The minimum Gasteiger partial charge on any atom is -0.354 e. The van der Waals surface area contributed by atoms with E-state index in [1.807, 2.05) is 12.3 Å². The van der Waals surface area contributed by atoms with Gasteiger partial charge in [-0.2, -0.15) is 0 Å². The Hall–Kier alpha value is -8.02. The second kappa shape index (κ2) is 13.5. The minimum absolute atomic E-state index is 0.607. The van der Waals surface area contributed by atoms with Crippen molar-refractivity contribution in [3.05, 3.63) is 241 Å². The molecule has 282 valence electrons. The fourth-order valence-electron chi connectivity index (χ4n) is 9.77. The molecule has 4 heterocycles. The number of aromatic amines is 1. The van der Waals surface area contributed by atoms with Crippen LogP contribution in [0.15, 0.2) is 219 Å². The molecule has 0 saturated carbocycles. The standard InChI is InChI=1S/C55H37N5/c1-4-18-38(19-5-1)55(39-20-6-2-7-21-39)45-28-11-13-30-48(45)60(51-32-14-15-35-56-51)50-36-37(33-34-46(50)55)41-25-17-31-49-53(41)58-54(59(49)40-22-8-3-9-23-40)44-27-16-26-43-42-24-10-12-29-47(42)57-52(43)44/h1-36,57H. The van der Waals surface area contributed by atoms with Crippen LogP contribution in [0.3, 0.4) is 0 Å². The molecule has 11 aromatic rings. The second-order valence-corrected chi connectivity index (χ2v) is 15.4. The van der Waals surface area contributed by atoms with Crippen molar-refractivity contribution in [3.8, 4) is 28.2 Å². The van der Waals surface area contributed by atoms with E-state index in [1.54, 1.807) is 0 Å². The summed E-state index contributed by atoms with van der Waals surface area (Å²) in [6, 6.07) is 76.0. The Kier molecular flexibility index (Phi) is 7.69. The van der Waals surface area contributed by atoms with E-state index in [9.17, 15) is 0 Å². The summed E-state index contributed by atoms with van der Waals surface area (Å²) in [5.41, 5.74) is 14.7. The van der Waals surface area contributed by atoms with Crippen LogP contribution < -0.4 is 4.90 Å². The lowest BCUT2D eigenvalue weighted by Gasteiger charge is -2.46. The maximum Gasteiger partial charge on any atom is 0.147 e. The summed E-state index contributed by atoms with van der Waals surface area (Å²) in [5, 5.41) is 2.38. The number of hydrogen-bond donors (Lipinski definition) is 1. The quantitative estimate of drug-likeness (QED) is 0.183. The van der Waals surface area contributed by atoms with Gasteiger partial charge in [-0.05, 0) is 82.4 Å². The summed E-state index contributed by atoms with van der Waals surface area (Å²) >= 11 is 0. The van der Waals surface area contributed by atoms with Crippen LogP contribution in [-0.2, 0) is 5.41 Å². The molecule has 0 atom stereocenters. The summed E-state index contributed by atoms with van der Waals surface area (Å²) < 4.78 is 2.31. The van der Waals surface area contributed by atoms with Crippen LogP contribution in [-0.4, -0.2) is 19.5 Å². The van der Waals surface area contributed by atoms with Crippen molar-refractivity contribution in [3.63, 3.8) is 0 Å². The molecule has 0 saturated heterocycles. The predicted molar refractivity (Wildman–Crippen MR) is 246 cm³/mol. The molecule has 0 fully saturated rings. The summed E-state index contributed by atoms with van der Waals surface area (Å²) in [5.74, 6) is 1.74. The fraction of sp³-hybridized carbons (Fsp3) is 0.0182. The molecular formula is C55H37N5. The highest BCUT2D eigenvalue weighted by atomic mass is 15.2. The number of rotatable bonds is 6. The molecule has 3 aromatic heterocycles. The van der Waals surface area contributed by atoms with E-state index in [-0.39, 0.29) is 0 Å². The van der Waals surface area contributed by atoms with Crippen LogP contribution in [0.1, 0.15) is 22.3 Å². The van der Waals surface area contributed by atoms with Crippen molar-refractivity contribution in [2.45, 2.75) is 5.41 Å². The molecule has 1 aliphatic rings. The normalized spacial score (nSPS) is 13.1. The van der Waals surface area contributed by atoms with Gasteiger partial charge in [-0.25, -0.2) is 9.97 Å². The number of imidazole rings is 1.